The van der Waals surface area contributed by atoms with Gasteiger partial charge in [0.1, 0.15) is 5.60 Å². The highest BCUT2D eigenvalue weighted by atomic mass is 35.5. The summed E-state index contributed by atoms with van der Waals surface area (Å²) < 4.78 is 0. The van der Waals surface area contributed by atoms with E-state index >= 15 is 0 Å². The summed E-state index contributed by atoms with van der Waals surface area (Å²) in [7, 11) is 0. The Kier molecular flexibility index (Phi) is 6.50. The lowest BCUT2D eigenvalue weighted by molar-refractivity contribution is -0.135. The molecule has 1 N–H and O–H groups in total. The van der Waals surface area contributed by atoms with Crippen LogP contribution in [0.25, 0.3) is 0 Å². The highest BCUT2D eigenvalue weighted by Crippen LogP contribution is 2.36. The Morgan fingerprint density at radius 3 is 2.52 bits per heavy atom. The molecule has 1 aliphatic heterocycles. The van der Waals surface area contributed by atoms with Crippen molar-refractivity contribution >= 4 is 34.7 Å². The van der Waals surface area contributed by atoms with Crippen molar-refractivity contribution in [1.29, 1.82) is 5.26 Å². The number of anilines is 1. The molecule has 1 heterocycles. The predicted molar refractivity (Wildman–Crippen MR) is 115 cm³/mol. The van der Waals surface area contributed by atoms with Crippen LogP contribution in [0, 0.1) is 11.3 Å². The van der Waals surface area contributed by atoms with Gasteiger partial charge in [-0.05, 0) is 49.7 Å². The smallest absolute Gasteiger partial charge is 0.162 e. The van der Waals surface area contributed by atoms with Gasteiger partial charge in [-0.3, -0.25) is 9.69 Å². The average Bonchev–Trinajstić information content (AvgIpc) is 2.68. The first kappa shape index (κ1) is 21.6. The molecular weight excluding hydrogens is 409 g/mol. The van der Waals surface area contributed by atoms with Gasteiger partial charge >= 0.3 is 0 Å². The first-order valence-corrected chi connectivity index (χ1v) is 10.1. The number of nitrogens with zero attached hydrogens (tertiary/aromatic N) is 3. The maximum absolute atomic E-state index is 11.8. The van der Waals surface area contributed by atoms with Crippen molar-refractivity contribution in [2.45, 2.75) is 25.5 Å². The average molecular weight is 432 g/mol. The van der Waals surface area contributed by atoms with Gasteiger partial charge in [0.15, 0.2) is 5.78 Å². The third kappa shape index (κ3) is 4.91. The summed E-state index contributed by atoms with van der Waals surface area (Å²) in [6, 6.07) is 15.0. The third-order valence-electron chi connectivity index (χ3n) is 5.40. The third-order valence-corrected chi connectivity index (χ3v) is 5.95. The number of piperazine rings is 1. The molecule has 0 aliphatic carbocycles. The number of Topliss-reactive ketones (excluding diaryl/α,β-unsaturated/α-hetero) is 1. The summed E-state index contributed by atoms with van der Waals surface area (Å²) in [5, 5.41) is 20.7. The molecule has 0 amide bonds. The summed E-state index contributed by atoms with van der Waals surface area (Å²) in [4.78, 5) is 16.1. The van der Waals surface area contributed by atoms with Crippen molar-refractivity contribution in [2.24, 2.45) is 0 Å². The van der Waals surface area contributed by atoms with Crippen molar-refractivity contribution in [1.82, 2.24) is 4.90 Å². The Bertz CT molecular complexity index is 938. The topological polar surface area (TPSA) is 67.6 Å². The van der Waals surface area contributed by atoms with E-state index in [0.717, 1.165) is 11.3 Å². The predicted octanol–water partition coefficient (Wildman–Crippen LogP) is 4.07. The molecule has 1 fully saturated rings. The number of benzene rings is 2. The van der Waals surface area contributed by atoms with Gasteiger partial charge in [0.2, 0.25) is 0 Å². The number of aliphatic hydroxyl groups is 1. The van der Waals surface area contributed by atoms with Crippen molar-refractivity contribution in [3.05, 3.63) is 63.6 Å². The summed E-state index contributed by atoms with van der Waals surface area (Å²) in [6.45, 7) is 5.17. The van der Waals surface area contributed by atoms with Crippen LogP contribution in [0.3, 0.4) is 0 Å². The number of β-amino-alcohol motifs (C(OH)–C–C–N with tert-alkyl or cyclic N) is 1. The Hall–Kier alpha value is -2.10. The van der Waals surface area contributed by atoms with Crippen molar-refractivity contribution in [3.63, 3.8) is 0 Å². The van der Waals surface area contributed by atoms with Crippen LogP contribution in [0.4, 0.5) is 5.69 Å². The molecule has 7 heteroatoms. The van der Waals surface area contributed by atoms with Crippen LogP contribution in [-0.4, -0.2) is 47.6 Å². The maximum Gasteiger partial charge on any atom is 0.162 e. The van der Waals surface area contributed by atoms with Crippen molar-refractivity contribution in [3.8, 4) is 6.07 Å². The number of hydrogen-bond acceptors (Lipinski definition) is 5. The molecule has 2 aromatic rings. The number of ketones is 1. The molecular formula is C22H23Cl2N3O2. The van der Waals surface area contributed by atoms with Crippen LogP contribution in [0.5, 0.6) is 0 Å². The maximum atomic E-state index is 11.8. The van der Waals surface area contributed by atoms with E-state index in [4.69, 9.17) is 28.5 Å². The van der Waals surface area contributed by atoms with Crippen LogP contribution in [-0.2, 0) is 4.79 Å². The van der Waals surface area contributed by atoms with Crippen LogP contribution in [0.15, 0.2) is 42.5 Å². The molecule has 152 valence electrons. The van der Waals surface area contributed by atoms with Gasteiger partial charge in [-0.25, -0.2) is 0 Å². The van der Waals surface area contributed by atoms with Gasteiger partial charge < -0.3 is 10.0 Å². The largest absolute Gasteiger partial charge is 0.381 e. The Labute approximate surface area is 181 Å². The second-order valence-electron chi connectivity index (χ2n) is 7.60. The Morgan fingerprint density at radius 1 is 1.24 bits per heavy atom. The number of carbonyl (C=O) groups is 1. The second kappa shape index (κ2) is 8.73. The van der Waals surface area contributed by atoms with Gasteiger partial charge in [0.05, 0.1) is 28.4 Å². The molecule has 1 aliphatic rings. The van der Waals surface area contributed by atoms with E-state index in [1.807, 2.05) is 30.3 Å². The lowest BCUT2D eigenvalue weighted by Gasteiger charge is -2.44. The molecule has 29 heavy (non-hydrogen) atoms. The Morgan fingerprint density at radius 2 is 1.93 bits per heavy atom. The minimum atomic E-state index is -1.39. The summed E-state index contributed by atoms with van der Waals surface area (Å²) in [6.07, 6.45) is 0. The minimum Gasteiger partial charge on any atom is -0.381 e. The first-order valence-electron chi connectivity index (χ1n) is 9.39. The van der Waals surface area contributed by atoms with Gasteiger partial charge in [-0.2, -0.15) is 5.26 Å². The van der Waals surface area contributed by atoms with E-state index in [1.54, 1.807) is 19.1 Å². The molecule has 0 radical (unpaired) electrons. The number of halogens is 2. The second-order valence-corrected chi connectivity index (χ2v) is 8.45. The van der Waals surface area contributed by atoms with Gasteiger partial charge in [0, 0.05) is 31.2 Å². The lowest BCUT2D eigenvalue weighted by Crippen LogP contribution is -2.54. The SMILES string of the molecule is CC(=O)C(C)(O)CN1CCN(c2ccc(C#N)cc2Cl)[C@H](c2ccc(Cl)cc2)C1. The number of rotatable bonds is 5. The van der Waals surface area contributed by atoms with E-state index in [0.29, 0.717) is 35.2 Å². The number of nitriles is 1. The zero-order chi connectivity index (χ0) is 21.2. The zero-order valence-electron chi connectivity index (χ0n) is 16.4. The lowest BCUT2D eigenvalue weighted by atomic mass is 9.97. The summed E-state index contributed by atoms with van der Waals surface area (Å²) in [5.41, 5.74) is 1.03. The molecule has 0 spiro atoms. The van der Waals surface area contributed by atoms with Gasteiger partial charge in [0.25, 0.3) is 0 Å². The molecule has 3 rings (SSSR count). The van der Waals surface area contributed by atoms with Crippen LogP contribution < -0.4 is 4.90 Å². The van der Waals surface area contributed by atoms with Crippen LogP contribution in [0.1, 0.15) is 31.0 Å². The van der Waals surface area contributed by atoms with E-state index in [1.165, 1.54) is 6.92 Å². The standard InChI is InChI=1S/C22H23Cl2N3O2/c1-15(28)22(2,29)14-26-9-10-27(20-8-3-16(12-25)11-19(20)24)21(13-26)17-4-6-18(23)7-5-17/h3-8,11,21,29H,9-10,13-14H2,1-2H3/t21-,22?/m0/s1. The van der Waals surface area contributed by atoms with Crippen LogP contribution >= 0.6 is 23.2 Å². The normalized spacial score (nSPS) is 19.4. The fourth-order valence-electron chi connectivity index (χ4n) is 3.60. The summed E-state index contributed by atoms with van der Waals surface area (Å²) in [5.74, 6) is -0.252. The van der Waals surface area contributed by atoms with Crippen molar-refractivity contribution in [2.75, 3.05) is 31.1 Å². The fourth-order valence-corrected chi connectivity index (χ4v) is 4.01. The van der Waals surface area contributed by atoms with Gasteiger partial charge in [-0.15, -0.1) is 0 Å². The van der Waals surface area contributed by atoms with Crippen LogP contribution in [0.2, 0.25) is 10.0 Å². The fraction of sp³-hybridized carbons (Fsp3) is 0.364. The molecule has 1 saturated heterocycles. The van der Waals surface area contributed by atoms with Crippen molar-refractivity contribution < 1.29 is 9.90 Å². The molecule has 5 nitrogen and oxygen atoms in total. The number of hydrogen-bond donors (Lipinski definition) is 1. The highest BCUT2D eigenvalue weighted by molar-refractivity contribution is 6.33. The molecule has 2 aromatic carbocycles. The molecule has 1 unspecified atom stereocenters. The quantitative estimate of drug-likeness (QED) is 0.772. The molecule has 0 bridgehead atoms. The highest BCUT2D eigenvalue weighted by Gasteiger charge is 2.35. The first-order chi connectivity index (χ1) is 13.7. The molecule has 0 saturated carbocycles. The molecule has 0 aromatic heterocycles. The minimum absolute atomic E-state index is 0.0470. The van der Waals surface area contributed by atoms with E-state index in [-0.39, 0.29) is 18.4 Å². The van der Waals surface area contributed by atoms with E-state index < -0.39 is 5.60 Å². The van der Waals surface area contributed by atoms with E-state index in [9.17, 15) is 9.90 Å². The molecule has 2 atom stereocenters. The van der Waals surface area contributed by atoms with E-state index in [2.05, 4.69) is 15.9 Å². The Balaban J connectivity index is 1.93. The van der Waals surface area contributed by atoms with Gasteiger partial charge in [-0.1, -0.05) is 35.3 Å². The number of carbonyl (C=O) groups excluding carboxylic acids is 1. The monoisotopic (exact) mass is 431 g/mol. The zero-order valence-corrected chi connectivity index (χ0v) is 17.9. The summed E-state index contributed by atoms with van der Waals surface area (Å²) >= 11 is 12.6.